The molecule has 0 aliphatic rings. The molecule has 0 bridgehead atoms. The topological polar surface area (TPSA) is 44.1 Å². The van der Waals surface area contributed by atoms with Crippen LogP contribution in [0.5, 0.6) is 0 Å². The van der Waals surface area contributed by atoms with Gasteiger partial charge in [-0.3, -0.25) is 4.98 Å². The number of aryl methyl sites for hydroxylation is 1. The van der Waals surface area contributed by atoms with E-state index in [1.807, 2.05) is 75.4 Å². The van der Waals surface area contributed by atoms with Gasteiger partial charge in [-0.15, -0.1) is 0 Å². The number of nitrogens with zero attached hydrogens (tertiary/aromatic N) is 2. The van der Waals surface area contributed by atoms with Crippen LogP contribution in [0.15, 0.2) is 60.8 Å². The van der Waals surface area contributed by atoms with Crippen molar-refractivity contribution in [2.75, 3.05) is 0 Å². The van der Waals surface area contributed by atoms with Gasteiger partial charge in [-0.05, 0) is 44.5 Å². The molecule has 4 heteroatoms. The molecule has 0 N–H and O–H groups in total. The molecule has 0 saturated heterocycles. The highest BCUT2D eigenvalue weighted by molar-refractivity contribution is 5.91. The molecule has 2 aromatic heterocycles. The molecule has 128 valence electrons. The molecule has 2 heterocycles. The minimum Gasteiger partial charge on any atom is -0.454 e. The van der Waals surface area contributed by atoms with E-state index in [9.17, 15) is 4.79 Å². The number of carbonyl (C=O) groups is 1. The molecule has 0 fully saturated rings. The second-order valence-corrected chi connectivity index (χ2v) is 6.15. The smallest absolute Gasteiger partial charge is 0.340 e. The van der Waals surface area contributed by atoms with Crippen LogP contribution >= 0.6 is 0 Å². The quantitative estimate of drug-likeness (QED) is 0.647. The fourth-order valence-corrected chi connectivity index (χ4v) is 2.92. The highest BCUT2D eigenvalue weighted by atomic mass is 16.5. The maximum absolute atomic E-state index is 12.6. The van der Waals surface area contributed by atoms with Gasteiger partial charge in [0.25, 0.3) is 0 Å². The minimum absolute atomic E-state index is 0.285. The van der Waals surface area contributed by atoms with Crippen LogP contribution in [0.1, 0.15) is 46.0 Å². The van der Waals surface area contributed by atoms with Gasteiger partial charge in [0, 0.05) is 17.6 Å². The molecule has 1 unspecified atom stereocenters. The Labute approximate surface area is 148 Å². The van der Waals surface area contributed by atoms with Crippen molar-refractivity contribution in [3.8, 4) is 0 Å². The summed E-state index contributed by atoms with van der Waals surface area (Å²) in [5.41, 5.74) is 4.46. The van der Waals surface area contributed by atoms with Crippen LogP contribution in [-0.4, -0.2) is 15.5 Å². The SMILES string of the molecule is Cc1cc(C(=O)OC(C)c2ccccc2)c(C)n1Cc1ccccn1. The van der Waals surface area contributed by atoms with Crippen molar-refractivity contribution in [2.45, 2.75) is 33.4 Å². The van der Waals surface area contributed by atoms with E-state index in [4.69, 9.17) is 4.74 Å². The van der Waals surface area contributed by atoms with Crippen LogP contribution in [0, 0.1) is 13.8 Å². The number of pyridine rings is 1. The number of hydrogen-bond acceptors (Lipinski definition) is 3. The first kappa shape index (κ1) is 17.0. The summed E-state index contributed by atoms with van der Waals surface area (Å²) in [4.78, 5) is 17.0. The third-order valence-corrected chi connectivity index (χ3v) is 4.39. The molecule has 0 aliphatic carbocycles. The maximum Gasteiger partial charge on any atom is 0.340 e. The first-order valence-corrected chi connectivity index (χ1v) is 8.39. The van der Waals surface area contributed by atoms with Crippen molar-refractivity contribution in [2.24, 2.45) is 0 Å². The van der Waals surface area contributed by atoms with Crippen molar-refractivity contribution < 1.29 is 9.53 Å². The number of ether oxygens (including phenoxy) is 1. The van der Waals surface area contributed by atoms with Gasteiger partial charge in [0.2, 0.25) is 0 Å². The van der Waals surface area contributed by atoms with Gasteiger partial charge in [-0.25, -0.2) is 4.79 Å². The second-order valence-electron chi connectivity index (χ2n) is 6.15. The molecule has 1 atom stereocenters. The standard InChI is InChI=1S/C21H22N2O2/c1-15-13-20(16(2)23(15)14-19-11-7-8-12-22-19)21(24)25-17(3)18-9-5-4-6-10-18/h4-13,17H,14H2,1-3H3. The van der Waals surface area contributed by atoms with Crippen LogP contribution in [0.25, 0.3) is 0 Å². The summed E-state index contributed by atoms with van der Waals surface area (Å²) in [5, 5.41) is 0. The van der Waals surface area contributed by atoms with Crippen molar-refractivity contribution in [3.05, 3.63) is 89.0 Å². The van der Waals surface area contributed by atoms with Gasteiger partial charge in [0.05, 0.1) is 17.8 Å². The van der Waals surface area contributed by atoms with E-state index in [2.05, 4.69) is 9.55 Å². The Kier molecular flexibility index (Phi) is 4.98. The van der Waals surface area contributed by atoms with E-state index in [-0.39, 0.29) is 12.1 Å². The number of esters is 1. The number of carbonyl (C=O) groups excluding carboxylic acids is 1. The summed E-state index contributed by atoms with van der Waals surface area (Å²) in [6.07, 6.45) is 1.49. The van der Waals surface area contributed by atoms with Crippen LogP contribution in [0.2, 0.25) is 0 Å². The molecule has 3 rings (SSSR count). The Bertz CT molecular complexity index is 854. The monoisotopic (exact) mass is 334 g/mol. The lowest BCUT2D eigenvalue weighted by atomic mass is 10.1. The molecular weight excluding hydrogens is 312 g/mol. The Morgan fingerprint density at radius 2 is 1.84 bits per heavy atom. The van der Waals surface area contributed by atoms with Gasteiger partial charge < -0.3 is 9.30 Å². The third-order valence-electron chi connectivity index (χ3n) is 4.39. The summed E-state index contributed by atoms with van der Waals surface area (Å²) in [5.74, 6) is -0.295. The molecule has 0 radical (unpaired) electrons. The zero-order valence-electron chi connectivity index (χ0n) is 14.8. The molecule has 1 aromatic carbocycles. The largest absolute Gasteiger partial charge is 0.454 e. The van der Waals surface area contributed by atoms with Crippen molar-refractivity contribution >= 4 is 5.97 Å². The average Bonchev–Trinajstić information content (AvgIpc) is 2.91. The summed E-state index contributed by atoms with van der Waals surface area (Å²) < 4.78 is 7.74. The number of benzene rings is 1. The maximum atomic E-state index is 12.6. The Balaban J connectivity index is 1.78. The molecule has 3 aromatic rings. The highest BCUT2D eigenvalue weighted by Crippen LogP contribution is 2.22. The van der Waals surface area contributed by atoms with E-state index < -0.39 is 0 Å². The fraction of sp³-hybridized carbons (Fsp3) is 0.238. The zero-order chi connectivity index (χ0) is 17.8. The van der Waals surface area contributed by atoms with Gasteiger partial charge in [0.15, 0.2) is 0 Å². The number of aromatic nitrogens is 2. The predicted molar refractivity (Wildman–Crippen MR) is 97.5 cm³/mol. The van der Waals surface area contributed by atoms with Crippen molar-refractivity contribution in [1.29, 1.82) is 0 Å². The zero-order valence-corrected chi connectivity index (χ0v) is 14.8. The van der Waals surface area contributed by atoms with E-state index in [1.165, 1.54) is 0 Å². The number of rotatable bonds is 5. The van der Waals surface area contributed by atoms with Crippen LogP contribution in [0.4, 0.5) is 0 Å². The second kappa shape index (κ2) is 7.34. The average molecular weight is 334 g/mol. The molecule has 4 nitrogen and oxygen atoms in total. The molecular formula is C21H22N2O2. The minimum atomic E-state index is -0.295. The molecule has 25 heavy (non-hydrogen) atoms. The Hall–Kier alpha value is -2.88. The van der Waals surface area contributed by atoms with Gasteiger partial charge in [-0.1, -0.05) is 36.4 Å². The van der Waals surface area contributed by atoms with Crippen molar-refractivity contribution in [3.63, 3.8) is 0 Å². The number of hydrogen-bond donors (Lipinski definition) is 0. The lowest BCUT2D eigenvalue weighted by Crippen LogP contribution is -2.11. The lowest BCUT2D eigenvalue weighted by Gasteiger charge is -2.14. The highest BCUT2D eigenvalue weighted by Gasteiger charge is 2.20. The molecule has 0 saturated carbocycles. The third kappa shape index (κ3) is 3.79. The van der Waals surface area contributed by atoms with E-state index in [0.717, 1.165) is 22.6 Å². The van der Waals surface area contributed by atoms with E-state index in [0.29, 0.717) is 12.1 Å². The van der Waals surface area contributed by atoms with Crippen LogP contribution in [0.3, 0.4) is 0 Å². The predicted octanol–water partition coefficient (Wildman–Crippen LogP) is 4.47. The molecule has 0 amide bonds. The van der Waals surface area contributed by atoms with Gasteiger partial charge >= 0.3 is 5.97 Å². The Morgan fingerprint density at radius 1 is 1.12 bits per heavy atom. The Morgan fingerprint density at radius 3 is 2.52 bits per heavy atom. The van der Waals surface area contributed by atoms with Crippen LogP contribution < -0.4 is 0 Å². The van der Waals surface area contributed by atoms with E-state index >= 15 is 0 Å². The van der Waals surface area contributed by atoms with Crippen molar-refractivity contribution in [1.82, 2.24) is 9.55 Å². The summed E-state index contributed by atoms with van der Waals surface area (Å²) in [7, 11) is 0. The normalized spacial score (nSPS) is 12.0. The fourth-order valence-electron chi connectivity index (χ4n) is 2.92. The summed E-state index contributed by atoms with van der Waals surface area (Å²) in [6.45, 7) is 6.47. The molecule has 0 spiro atoms. The van der Waals surface area contributed by atoms with E-state index in [1.54, 1.807) is 6.20 Å². The lowest BCUT2D eigenvalue weighted by molar-refractivity contribution is 0.0337. The van der Waals surface area contributed by atoms with Gasteiger partial charge in [-0.2, -0.15) is 0 Å². The molecule has 0 aliphatic heterocycles. The summed E-state index contributed by atoms with van der Waals surface area (Å²) >= 11 is 0. The van der Waals surface area contributed by atoms with Gasteiger partial charge in [0.1, 0.15) is 6.10 Å². The first-order chi connectivity index (χ1) is 12.1. The first-order valence-electron chi connectivity index (χ1n) is 8.39. The van der Waals surface area contributed by atoms with Crippen LogP contribution in [-0.2, 0) is 11.3 Å². The summed E-state index contributed by atoms with van der Waals surface area (Å²) in [6, 6.07) is 17.5.